The number of hydrogen-bond donors (Lipinski definition) is 1. The number of hydroxylamine groups is 1. The Hall–Kier alpha value is -2.71. The van der Waals surface area contributed by atoms with Crippen LogP contribution in [0, 0.1) is 25.4 Å². The molecular weight excluding hydrogens is 270 g/mol. The molecule has 108 valence electrons. The maximum Gasteiger partial charge on any atom is 0.318 e. The molecule has 1 rings (SSSR count). The summed E-state index contributed by atoms with van der Waals surface area (Å²) < 4.78 is 0.454. The van der Waals surface area contributed by atoms with E-state index < -0.39 is 32.5 Å². The van der Waals surface area contributed by atoms with Crippen LogP contribution < -0.4 is 0 Å². The number of benzene rings is 1. The summed E-state index contributed by atoms with van der Waals surface area (Å²) in [5.74, 6) is -0.786. The van der Waals surface area contributed by atoms with Gasteiger partial charge in [0, 0.05) is 26.8 Å². The molecule has 0 aliphatic heterocycles. The van der Waals surface area contributed by atoms with E-state index in [-0.39, 0.29) is 5.56 Å². The van der Waals surface area contributed by atoms with Gasteiger partial charge < -0.3 is 10.3 Å². The van der Waals surface area contributed by atoms with Crippen LogP contribution in [0.4, 0.5) is 11.4 Å². The fraction of sp³-hybridized carbons (Fsp3) is 0.364. The molecule has 9 nitrogen and oxygen atoms in total. The molecule has 0 spiro atoms. The maximum atomic E-state index is 11.8. The minimum absolute atomic E-state index is 0.282. The lowest BCUT2D eigenvalue weighted by Gasteiger charge is -2.18. The number of nitro groups is 2. The highest BCUT2D eigenvalue weighted by Gasteiger charge is 2.26. The second-order valence-electron chi connectivity index (χ2n) is 5.04. The van der Waals surface area contributed by atoms with Gasteiger partial charge in [-0.25, -0.2) is 4.74 Å². The Balaban J connectivity index is 3.54. The molecule has 9 heteroatoms. The van der Waals surface area contributed by atoms with Gasteiger partial charge in [0.2, 0.25) is 5.75 Å². The first-order chi connectivity index (χ1) is 9.04. The molecule has 1 N–H and O–H groups in total. The Morgan fingerprint density at radius 3 is 2.05 bits per heavy atom. The van der Waals surface area contributed by atoms with Crippen molar-refractivity contribution in [2.75, 3.05) is 0 Å². The topological polar surface area (TPSA) is 133 Å². The molecule has 0 atom stereocenters. The van der Waals surface area contributed by atoms with E-state index in [9.17, 15) is 30.5 Å². The predicted molar refractivity (Wildman–Crippen MR) is 70.0 cm³/mol. The molecule has 0 saturated heterocycles. The van der Waals surface area contributed by atoms with Gasteiger partial charge in [-0.15, -0.1) is 0 Å². The molecule has 0 aliphatic rings. The van der Waals surface area contributed by atoms with Gasteiger partial charge in [-0.05, 0) is 0 Å². The molecule has 1 aromatic rings. The summed E-state index contributed by atoms with van der Waals surface area (Å²) in [4.78, 5) is 19.7. The largest absolute Gasteiger partial charge is 0.623 e. The average Bonchev–Trinajstić information content (AvgIpc) is 2.29. The Kier molecular flexibility index (Phi) is 3.92. The Morgan fingerprint density at radius 2 is 1.65 bits per heavy atom. The number of nitro benzene ring substituents is 2. The fourth-order valence-electron chi connectivity index (χ4n) is 1.29. The molecule has 1 aromatic carbocycles. The van der Waals surface area contributed by atoms with Crippen LogP contribution in [0.5, 0.6) is 5.75 Å². The lowest BCUT2D eigenvalue weighted by molar-refractivity contribution is -0.530. The standard InChI is InChI=1S/C11H13N3O6/c1-11(2,3)12(16)6-7-4-8(13(17)18)5-9(10(7)15)14(19)20/h4-6,15H,1-3H3. The van der Waals surface area contributed by atoms with Crippen molar-refractivity contribution in [3.8, 4) is 5.75 Å². The predicted octanol–water partition coefficient (Wildman–Crippen LogP) is 1.94. The van der Waals surface area contributed by atoms with E-state index in [4.69, 9.17) is 0 Å². The molecule has 0 heterocycles. The van der Waals surface area contributed by atoms with Gasteiger partial charge in [0.15, 0.2) is 11.8 Å². The van der Waals surface area contributed by atoms with E-state index in [0.717, 1.165) is 12.3 Å². The second kappa shape index (κ2) is 5.11. The maximum absolute atomic E-state index is 11.8. The van der Waals surface area contributed by atoms with E-state index in [1.165, 1.54) is 0 Å². The molecule has 0 bridgehead atoms. The van der Waals surface area contributed by atoms with Crippen LogP contribution in [-0.4, -0.2) is 31.4 Å². The number of hydrogen-bond acceptors (Lipinski definition) is 6. The van der Waals surface area contributed by atoms with Crippen molar-refractivity contribution in [2.24, 2.45) is 0 Å². The van der Waals surface area contributed by atoms with E-state index in [1.54, 1.807) is 20.8 Å². The Morgan fingerprint density at radius 1 is 1.10 bits per heavy atom. The number of rotatable bonds is 3. The molecule has 0 fully saturated rings. The lowest BCUT2D eigenvalue weighted by atomic mass is 10.1. The third kappa shape index (κ3) is 3.19. The first kappa shape index (κ1) is 15.3. The van der Waals surface area contributed by atoms with Gasteiger partial charge in [-0.1, -0.05) is 0 Å². The summed E-state index contributed by atoms with van der Waals surface area (Å²) in [7, 11) is 0. The second-order valence-corrected chi connectivity index (χ2v) is 5.04. The normalized spacial score (nSPS) is 12.2. The van der Waals surface area contributed by atoms with Crippen molar-refractivity contribution in [3.05, 3.63) is 43.1 Å². The molecule has 0 amide bonds. The zero-order valence-electron chi connectivity index (χ0n) is 11.1. The third-order valence-corrected chi connectivity index (χ3v) is 2.43. The first-order valence-corrected chi connectivity index (χ1v) is 5.51. The summed E-state index contributed by atoms with van der Waals surface area (Å²) in [5, 5.41) is 42.9. The number of aromatic hydroxyl groups is 1. The highest BCUT2D eigenvalue weighted by molar-refractivity contribution is 5.84. The van der Waals surface area contributed by atoms with Crippen LogP contribution in [0.25, 0.3) is 0 Å². The number of non-ortho nitro benzene ring substituents is 1. The van der Waals surface area contributed by atoms with Gasteiger partial charge in [-0.2, -0.15) is 0 Å². The van der Waals surface area contributed by atoms with Gasteiger partial charge in [0.1, 0.15) is 0 Å². The minimum Gasteiger partial charge on any atom is -0.623 e. The summed E-state index contributed by atoms with van der Waals surface area (Å²) in [6.07, 6.45) is 0.884. The lowest BCUT2D eigenvalue weighted by Crippen LogP contribution is -2.29. The van der Waals surface area contributed by atoms with Crippen LogP contribution in [-0.2, 0) is 0 Å². The van der Waals surface area contributed by atoms with Crippen molar-refractivity contribution < 1.29 is 19.7 Å². The van der Waals surface area contributed by atoms with E-state index in [2.05, 4.69) is 0 Å². The van der Waals surface area contributed by atoms with Gasteiger partial charge >= 0.3 is 5.69 Å². The van der Waals surface area contributed by atoms with Crippen molar-refractivity contribution in [1.82, 2.24) is 0 Å². The number of phenols is 1. The van der Waals surface area contributed by atoms with E-state index in [0.29, 0.717) is 10.8 Å². The third-order valence-electron chi connectivity index (χ3n) is 2.43. The van der Waals surface area contributed by atoms with Gasteiger partial charge in [0.05, 0.1) is 21.5 Å². The molecule has 0 saturated carbocycles. The van der Waals surface area contributed by atoms with Crippen LogP contribution >= 0.6 is 0 Å². The van der Waals surface area contributed by atoms with Crippen LogP contribution in [0.3, 0.4) is 0 Å². The van der Waals surface area contributed by atoms with Gasteiger partial charge in [0.25, 0.3) is 5.69 Å². The Bertz CT molecular complexity index is 603. The summed E-state index contributed by atoms with van der Waals surface area (Å²) >= 11 is 0. The van der Waals surface area contributed by atoms with E-state index >= 15 is 0 Å². The van der Waals surface area contributed by atoms with Crippen molar-refractivity contribution in [2.45, 2.75) is 26.3 Å². The van der Waals surface area contributed by atoms with Crippen molar-refractivity contribution in [3.63, 3.8) is 0 Å². The van der Waals surface area contributed by atoms with Crippen LogP contribution in [0.2, 0.25) is 0 Å². The molecule has 0 aromatic heterocycles. The summed E-state index contributed by atoms with van der Waals surface area (Å²) in [6.45, 7) is 4.75. The van der Waals surface area contributed by atoms with Gasteiger partial charge in [-0.3, -0.25) is 20.2 Å². The van der Waals surface area contributed by atoms with Crippen LogP contribution in [0.15, 0.2) is 12.1 Å². The summed E-state index contributed by atoms with van der Waals surface area (Å²) in [5.41, 5.74) is -2.54. The molecule has 0 aliphatic carbocycles. The SMILES string of the molecule is CC(C)(C)[N+]([O-])=Cc1cc([N+](=O)[O-])cc([N+](=O)[O-])c1O. The zero-order chi connectivity index (χ0) is 15.7. The molecule has 0 unspecified atom stereocenters. The number of phenolic OH excluding ortho intramolecular Hbond substituents is 1. The molecule has 0 radical (unpaired) electrons. The van der Waals surface area contributed by atoms with E-state index in [1.807, 2.05) is 0 Å². The highest BCUT2D eigenvalue weighted by atomic mass is 16.6. The fourth-order valence-corrected chi connectivity index (χ4v) is 1.29. The monoisotopic (exact) mass is 283 g/mol. The van der Waals surface area contributed by atoms with Crippen molar-refractivity contribution >= 4 is 17.6 Å². The van der Waals surface area contributed by atoms with Crippen LogP contribution in [0.1, 0.15) is 26.3 Å². The summed E-state index contributed by atoms with van der Waals surface area (Å²) in [6, 6.07) is 1.54. The number of nitrogens with zero attached hydrogens (tertiary/aromatic N) is 3. The molecular formula is C11H13N3O6. The first-order valence-electron chi connectivity index (χ1n) is 5.51. The van der Waals surface area contributed by atoms with Crippen molar-refractivity contribution in [1.29, 1.82) is 0 Å². The highest BCUT2D eigenvalue weighted by Crippen LogP contribution is 2.33. The Labute approximate surface area is 113 Å². The zero-order valence-corrected chi connectivity index (χ0v) is 11.1. The smallest absolute Gasteiger partial charge is 0.318 e. The molecule has 20 heavy (non-hydrogen) atoms. The quantitative estimate of drug-likeness (QED) is 0.296. The minimum atomic E-state index is -0.952. The average molecular weight is 283 g/mol.